The zero-order valence-electron chi connectivity index (χ0n) is 15.0. The van der Waals surface area contributed by atoms with Crippen molar-refractivity contribution >= 4 is 40.9 Å². The Kier molecular flexibility index (Phi) is 5.81. The van der Waals surface area contributed by atoms with Crippen LogP contribution in [0.25, 0.3) is 0 Å². The number of fused-ring (bicyclic) bond motifs is 1. The molecule has 1 aliphatic rings. The summed E-state index contributed by atoms with van der Waals surface area (Å²) in [5.41, 5.74) is 2.45. The van der Waals surface area contributed by atoms with Crippen LogP contribution in [0, 0.1) is 6.92 Å². The Balaban J connectivity index is 1.53. The van der Waals surface area contributed by atoms with E-state index in [1.54, 1.807) is 12.1 Å². The largest absolute Gasteiger partial charge is 0.452 e. The maximum Gasteiger partial charge on any atom is 0.308 e. The lowest BCUT2D eigenvalue weighted by molar-refractivity contribution is -0.153. The summed E-state index contributed by atoms with van der Waals surface area (Å²) in [5.74, 6) is -1.25. The lowest BCUT2D eigenvalue weighted by atomic mass is 10.2. The van der Waals surface area contributed by atoms with Gasteiger partial charge in [-0.1, -0.05) is 29.8 Å². The molecular formula is C20H20N2O4S. The molecule has 2 N–H and O–H groups in total. The summed E-state index contributed by atoms with van der Waals surface area (Å²) in [6.45, 7) is 3.46. The first-order valence-corrected chi connectivity index (χ1v) is 9.44. The molecule has 0 radical (unpaired) electrons. The molecule has 2 amide bonds. The van der Waals surface area contributed by atoms with Crippen molar-refractivity contribution in [2.45, 2.75) is 36.5 Å². The fraction of sp³-hybridized carbons (Fsp3) is 0.250. The second-order valence-corrected chi connectivity index (χ2v) is 7.53. The van der Waals surface area contributed by atoms with Crippen molar-refractivity contribution in [2.75, 3.05) is 10.6 Å². The van der Waals surface area contributed by atoms with Crippen molar-refractivity contribution in [3.05, 3.63) is 54.1 Å². The third-order valence-corrected chi connectivity index (χ3v) is 5.33. The zero-order valence-corrected chi connectivity index (χ0v) is 15.8. The minimum Gasteiger partial charge on any atom is -0.452 e. The Bertz CT molecular complexity index is 867. The van der Waals surface area contributed by atoms with Gasteiger partial charge in [0.1, 0.15) is 0 Å². The van der Waals surface area contributed by atoms with Crippen LogP contribution in [0.15, 0.2) is 53.4 Å². The van der Waals surface area contributed by atoms with E-state index in [2.05, 4.69) is 10.6 Å². The molecule has 2 aromatic carbocycles. The Morgan fingerprint density at radius 2 is 1.89 bits per heavy atom. The normalized spacial score (nSPS) is 16.7. The molecule has 7 heteroatoms. The summed E-state index contributed by atoms with van der Waals surface area (Å²) in [4.78, 5) is 37.4. The number of carbonyl (C=O) groups excluding carboxylic acids is 3. The van der Waals surface area contributed by atoms with E-state index in [1.807, 2.05) is 43.3 Å². The lowest BCUT2D eigenvalue weighted by Gasteiger charge is -2.23. The molecule has 2 aromatic rings. The van der Waals surface area contributed by atoms with E-state index in [4.69, 9.17) is 4.74 Å². The van der Waals surface area contributed by atoms with Crippen LogP contribution in [0.2, 0.25) is 0 Å². The highest BCUT2D eigenvalue weighted by atomic mass is 32.2. The SMILES string of the molecule is Cc1ccc(NC(=O)[C@H](C)OC(=O)C[C@@H]2Sc3ccccc3NC2=O)cc1. The highest BCUT2D eigenvalue weighted by molar-refractivity contribution is 8.01. The first-order chi connectivity index (χ1) is 12.9. The van der Waals surface area contributed by atoms with E-state index < -0.39 is 23.2 Å². The molecule has 0 saturated carbocycles. The van der Waals surface area contributed by atoms with E-state index in [0.717, 1.165) is 16.1 Å². The van der Waals surface area contributed by atoms with E-state index in [-0.39, 0.29) is 12.3 Å². The third-order valence-electron chi connectivity index (χ3n) is 4.06. The number of esters is 1. The van der Waals surface area contributed by atoms with Gasteiger partial charge in [0, 0.05) is 10.6 Å². The molecule has 2 atom stereocenters. The number of carbonyl (C=O) groups is 3. The average molecular weight is 384 g/mol. The number of nitrogens with one attached hydrogen (secondary N) is 2. The molecule has 0 spiro atoms. The lowest BCUT2D eigenvalue weighted by Crippen LogP contribution is -2.34. The van der Waals surface area contributed by atoms with Crippen molar-refractivity contribution < 1.29 is 19.1 Å². The number of hydrogen-bond acceptors (Lipinski definition) is 5. The van der Waals surface area contributed by atoms with Gasteiger partial charge < -0.3 is 15.4 Å². The molecule has 0 aliphatic carbocycles. The van der Waals surface area contributed by atoms with Gasteiger partial charge in [-0.05, 0) is 38.1 Å². The third kappa shape index (κ3) is 4.89. The van der Waals surface area contributed by atoms with Crippen molar-refractivity contribution in [3.8, 4) is 0 Å². The Morgan fingerprint density at radius 3 is 2.63 bits per heavy atom. The van der Waals surface area contributed by atoms with Gasteiger partial charge in [-0.2, -0.15) is 0 Å². The average Bonchev–Trinajstić information content (AvgIpc) is 2.64. The van der Waals surface area contributed by atoms with Gasteiger partial charge in [0.05, 0.1) is 17.4 Å². The van der Waals surface area contributed by atoms with E-state index in [1.165, 1.54) is 18.7 Å². The molecule has 27 heavy (non-hydrogen) atoms. The molecule has 0 saturated heterocycles. The fourth-order valence-electron chi connectivity index (χ4n) is 2.56. The number of anilines is 2. The van der Waals surface area contributed by atoms with Crippen LogP contribution >= 0.6 is 11.8 Å². The maximum atomic E-state index is 12.2. The first-order valence-electron chi connectivity index (χ1n) is 8.56. The first kappa shape index (κ1) is 19.0. The molecule has 0 fully saturated rings. The number of ether oxygens (including phenoxy) is 1. The monoisotopic (exact) mass is 384 g/mol. The summed E-state index contributed by atoms with van der Waals surface area (Å²) in [6.07, 6.45) is -1.06. The second-order valence-electron chi connectivity index (χ2n) is 6.28. The minimum atomic E-state index is -0.956. The number of hydrogen-bond donors (Lipinski definition) is 2. The molecule has 140 valence electrons. The van der Waals surface area contributed by atoms with Gasteiger partial charge in [-0.15, -0.1) is 11.8 Å². The number of aryl methyl sites for hydroxylation is 1. The van der Waals surface area contributed by atoms with Gasteiger partial charge in [0.25, 0.3) is 5.91 Å². The second kappa shape index (κ2) is 8.26. The summed E-state index contributed by atoms with van der Waals surface area (Å²) in [7, 11) is 0. The molecule has 0 unspecified atom stereocenters. The maximum absolute atomic E-state index is 12.2. The van der Waals surface area contributed by atoms with Crippen LogP contribution in [0.3, 0.4) is 0 Å². The summed E-state index contributed by atoms with van der Waals surface area (Å²) in [6, 6.07) is 14.7. The van der Waals surface area contributed by atoms with Gasteiger partial charge in [0.15, 0.2) is 6.10 Å². The summed E-state index contributed by atoms with van der Waals surface area (Å²) >= 11 is 1.32. The van der Waals surface area contributed by atoms with Crippen molar-refractivity contribution in [1.82, 2.24) is 0 Å². The summed E-state index contributed by atoms with van der Waals surface area (Å²) < 4.78 is 5.20. The Morgan fingerprint density at radius 1 is 1.19 bits per heavy atom. The van der Waals surface area contributed by atoms with Crippen molar-refractivity contribution in [1.29, 1.82) is 0 Å². The molecular weight excluding hydrogens is 364 g/mol. The molecule has 3 rings (SSSR count). The molecule has 0 aromatic heterocycles. The number of para-hydroxylation sites is 1. The van der Waals surface area contributed by atoms with Crippen LogP contribution in [0.5, 0.6) is 0 Å². The van der Waals surface area contributed by atoms with E-state index >= 15 is 0 Å². The van der Waals surface area contributed by atoms with Crippen LogP contribution < -0.4 is 10.6 Å². The quantitative estimate of drug-likeness (QED) is 0.772. The van der Waals surface area contributed by atoms with Crippen molar-refractivity contribution in [3.63, 3.8) is 0 Å². The molecule has 0 bridgehead atoms. The highest BCUT2D eigenvalue weighted by Gasteiger charge is 2.30. The van der Waals surface area contributed by atoms with Crippen LogP contribution in [-0.2, 0) is 19.1 Å². The standard InChI is InChI=1S/C20H20N2O4S/c1-12-7-9-14(10-8-12)21-19(24)13(2)26-18(23)11-17-20(25)22-15-5-3-4-6-16(15)27-17/h3-10,13,17H,11H2,1-2H3,(H,21,24)(H,22,25)/t13-,17-/m0/s1. The van der Waals surface area contributed by atoms with E-state index in [0.29, 0.717) is 5.69 Å². The number of benzene rings is 2. The van der Waals surface area contributed by atoms with Gasteiger partial charge in [-0.25, -0.2) is 0 Å². The summed E-state index contributed by atoms with van der Waals surface area (Å²) in [5, 5.41) is 4.90. The zero-order chi connectivity index (χ0) is 19.4. The Hall–Kier alpha value is -2.80. The Labute approximate surface area is 161 Å². The van der Waals surface area contributed by atoms with Crippen molar-refractivity contribution in [2.24, 2.45) is 0 Å². The predicted molar refractivity (Wildman–Crippen MR) is 105 cm³/mol. The van der Waals surface area contributed by atoms with E-state index in [9.17, 15) is 14.4 Å². The number of rotatable bonds is 5. The van der Waals surface area contributed by atoms with Gasteiger partial charge >= 0.3 is 5.97 Å². The highest BCUT2D eigenvalue weighted by Crippen LogP contribution is 2.36. The molecule has 6 nitrogen and oxygen atoms in total. The molecule has 1 heterocycles. The number of amides is 2. The van der Waals surface area contributed by atoms with Gasteiger partial charge in [0.2, 0.25) is 5.91 Å². The number of thioether (sulfide) groups is 1. The molecule has 1 aliphatic heterocycles. The van der Waals surface area contributed by atoms with Crippen LogP contribution in [0.4, 0.5) is 11.4 Å². The fourth-order valence-corrected chi connectivity index (χ4v) is 3.65. The smallest absolute Gasteiger partial charge is 0.308 e. The van der Waals surface area contributed by atoms with Crippen LogP contribution in [0.1, 0.15) is 18.9 Å². The van der Waals surface area contributed by atoms with Crippen LogP contribution in [-0.4, -0.2) is 29.1 Å². The minimum absolute atomic E-state index is 0.104. The topological polar surface area (TPSA) is 84.5 Å². The predicted octanol–water partition coefficient (Wildman–Crippen LogP) is 3.37. The van der Waals surface area contributed by atoms with Gasteiger partial charge in [-0.3, -0.25) is 14.4 Å².